The Hall–Kier alpha value is -1.19. The van der Waals surface area contributed by atoms with Crippen molar-refractivity contribution in [3.63, 3.8) is 0 Å². The van der Waals surface area contributed by atoms with Crippen LogP contribution in [0.2, 0.25) is 0 Å². The van der Waals surface area contributed by atoms with Gasteiger partial charge < -0.3 is 5.11 Å². The number of nitrogens with zero attached hydrogens (tertiary/aromatic N) is 1. The van der Waals surface area contributed by atoms with E-state index in [1.54, 1.807) is 11.3 Å². The van der Waals surface area contributed by atoms with Gasteiger partial charge in [-0.15, -0.1) is 11.3 Å². The highest BCUT2D eigenvalue weighted by molar-refractivity contribution is 7.12. The number of aryl methyl sites for hydroxylation is 4. The van der Waals surface area contributed by atoms with Crippen LogP contribution in [0.4, 0.5) is 0 Å². The van der Waals surface area contributed by atoms with Gasteiger partial charge in [-0.05, 0) is 38.8 Å². The molecule has 0 aliphatic heterocycles. The summed E-state index contributed by atoms with van der Waals surface area (Å²) in [4.78, 5) is 5.69. The standard InChI is InChI=1S/C14H17NOS/c1-8-5-9(2)13(10(3)6-8)14-11(4)17-12(7-16)15-14/h5-6,16H,7H2,1-4H3. The minimum absolute atomic E-state index is 0.0233. The molecule has 17 heavy (non-hydrogen) atoms. The molecular weight excluding hydrogens is 230 g/mol. The van der Waals surface area contributed by atoms with Crippen molar-refractivity contribution in [2.75, 3.05) is 0 Å². The number of hydrogen-bond acceptors (Lipinski definition) is 3. The van der Waals surface area contributed by atoms with Crippen molar-refractivity contribution in [3.05, 3.63) is 38.7 Å². The van der Waals surface area contributed by atoms with Crippen LogP contribution >= 0.6 is 11.3 Å². The zero-order valence-electron chi connectivity index (χ0n) is 10.7. The average molecular weight is 247 g/mol. The van der Waals surface area contributed by atoms with Crippen LogP contribution in [0.3, 0.4) is 0 Å². The predicted molar refractivity (Wildman–Crippen MR) is 72.4 cm³/mol. The van der Waals surface area contributed by atoms with Crippen molar-refractivity contribution in [2.24, 2.45) is 0 Å². The number of hydrogen-bond donors (Lipinski definition) is 1. The van der Waals surface area contributed by atoms with Crippen molar-refractivity contribution in [2.45, 2.75) is 34.3 Å². The van der Waals surface area contributed by atoms with Crippen LogP contribution < -0.4 is 0 Å². The molecule has 3 heteroatoms. The average Bonchev–Trinajstić information content (AvgIpc) is 2.59. The van der Waals surface area contributed by atoms with Crippen LogP contribution in [-0.2, 0) is 6.61 Å². The lowest BCUT2D eigenvalue weighted by Gasteiger charge is -2.09. The molecular formula is C14H17NOS. The Labute approximate surface area is 106 Å². The van der Waals surface area contributed by atoms with E-state index in [2.05, 4.69) is 44.8 Å². The van der Waals surface area contributed by atoms with Crippen molar-refractivity contribution in [3.8, 4) is 11.3 Å². The summed E-state index contributed by atoms with van der Waals surface area (Å²) in [7, 11) is 0. The Bertz CT molecular complexity index is 534. The maximum absolute atomic E-state index is 9.15. The molecule has 1 heterocycles. The number of thiazole rings is 1. The Kier molecular flexibility index (Phi) is 3.31. The molecule has 0 atom stereocenters. The first kappa shape index (κ1) is 12.3. The first-order valence-electron chi connectivity index (χ1n) is 5.68. The highest BCUT2D eigenvalue weighted by Crippen LogP contribution is 2.32. The van der Waals surface area contributed by atoms with E-state index in [1.807, 2.05) is 0 Å². The number of aliphatic hydroxyl groups excluding tert-OH is 1. The fourth-order valence-corrected chi connectivity index (χ4v) is 3.10. The van der Waals surface area contributed by atoms with E-state index in [-0.39, 0.29) is 6.61 Å². The molecule has 0 aliphatic carbocycles. The fourth-order valence-electron chi connectivity index (χ4n) is 2.30. The minimum atomic E-state index is 0.0233. The van der Waals surface area contributed by atoms with Gasteiger partial charge in [0, 0.05) is 10.4 Å². The van der Waals surface area contributed by atoms with Crippen LogP contribution in [0.1, 0.15) is 26.6 Å². The smallest absolute Gasteiger partial charge is 0.119 e. The highest BCUT2D eigenvalue weighted by atomic mass is 32.1. The lowest BCUT2D eigenvalue weighted by Crippen LogP contribution is -1.92. The Balaban J connectivity index is 2.63. The highest BCUT2D eigenvalue weighted by Gasteiger charge is 2.13. The summed E-state index contributed by atoms with van der Waals surface area (Å²) in [5.41, 5.74) is 6.01. The van der Waals surface area contributed by atoms with Gasteiger partial charge in [-0.3, -0.25) is 0 Å². The van der Waals surface area contributed by atoms with E-state index in [0.29, 0.717) is 0 Å². The van der Waals surface area contributed by atoms with Gasteiger partial charge >= 0.3 is 0 Å². The molecule has 0 unspecified atom stereocenters. The lowest BCUT2D eigenvalue weighted by atomic mass is 9.97. The SMILES string of the molecule is Cc1cc(C)c(-c2nc(CO)sc2C)c(C)c1. The normalized spacial score (nSPS) is 10.9. The van der Waals surface area contributed by atoms with Gasteiger partial charge in [-0.1, -0.05) is 17.7 Å². The third-order valence-corrected chi connectivity index (χ3v) is 3.85. The van der Waals surface area contributed by atoms with Crippen molar-refractivity contribution in [1.82, 2.24) is 4.98 Å². The van der Waals surface area contributed by atoms with Crippen LogP contribution in [0.15, 0.2) is 12.1 Å². The largest absolute Gasteiger partial charge is 0.389 e. The van der Waals surface area contributed by atoms with E-state index in [0.717, 1.165) is 10.7 Å². The predicted octanol–water partition coefficient (Wildman–Crippen LogP) is 3.54. The summed E-state index contributed by atoms with van der Waals surface area (Å²) in [6, 6.07) is 4.36. The maximum Gasteiger partial charge on any atom is 0.119 e. The first-order valence-corrected chi connectivity index (χ1v) is 6.50. The molecule has 1 N–H and O–H groups in total. The molecule has 0 saturated carbocycles. The molecule has 0 spiro atoms. The monoisotopic (exact) mass is 247 g/mol. The lowest BCUT2D eigenvalue weighted by molar-refractivity contribution is 0.281. The van der Waals surface area contributed by atoms with E-state index in [1.165, 1.54) is 27.1 Å². The molecule has 1 aromatic heterocycles. The van der Waals surface area contributed by atoms with Gasteiger partial charge in [0.1, 0.15) is 5.01 Å². The van der Waals surface area contributed by atoms with E-state index in [9.17, 15) is 0 Å². The third kappa shape index (κ3) is 2.26. The van der Waals surface area contributed by atoms with E-state index in [4.69, 9.17) is 5.11 Å². The summed E-state index contributed by atoms with van der Waals surface area (Å²) in [5, 5.41) is 9.94. The molecule has 2 aromatic rings. The Morgan fingerprint density at radius 3 is 2.18 bits per heavy atom. The van der Waals surface area contributed by atoms with Gasteiger partial charge in [0.25, 0.3) is 0 Å². The van der Waals surface area contributed by atoms with Crippen LogP contribution in [0.25, 0.3) is 11.3 Å². The van der Waals surface area contributed by atoms with Crippen molar-refractivity contribution in [1.29, 1.82) is 0 Å². The van der Waals surface area contributed by atoms with Gasteiger partial charge in [0.05, 0.1) is 12.3 Å². The van der Waals surface area contributed by atoms with Gasteiger partial charge in [0.2, 0.25) is 0 Å². The molecule has 1 aromatic carbocycles. The first-order chi connectivity index (χ1) is 8.02. The van der Waals surface area contributed by atoms with Crippen LogP contribution in [-0.4, -0.2) is 10.1 Å². The zero-order valence-corrected chi connectivity index (χ0v) is 11.5. The second-order valence-electron chi connectivity index (χ2n) is 4.44. The topological polar surface area (TPSA) is 33.1 Å². The number of benzene rings is 1. The molecule has 90 valence electrons. The summed E-state index contributed by atoms with van der Waals surface area (Å²) in [6.07, 6.45) is 0. The fraction of sp³-hybridized carbons (Fsp3) is 0.357. The number of rotatable bonds is 2. The number of aromatic nitrogens is 1. The van der Waals surface area contributed by atoms with Gasteiger partial charge in [-0.25, -0.2) is 4.98 Å². The zero-order chi connectivity index (χ0) is 12.6. The second-order valence-corrected chi connectivity index (χ2v) is 5.73. The van der Waals surface area contributed by atoms with Crippen LogP contribution in [0, 0.1) is 27.7 Å². The van der Waals surface area contributed by atoms with Gasteiger partial charge in [0.15, 0.2) is 0 Å². The van der Waals surface area contributed by atoms with Gasteiger partial charge in [-0.2, -0.15) is 0 Å². The van der Waals surface area contributed by atoms with E-state index >= 15 is 0 Å². The molecule has 0 fully saturated rings. The number of aliphatic hydroxyl groups is 1. The molecule has 2 nitrogen and oxygen atoms in total. The molecule has 0 radical (unpaired) electrons. The quantitative estimate of drug-likeness (QED) is 0.880. The second kappa shape index (κ2) is 4.59. The third-order valence-electron chi connectivity index (χ3n) is 2.89. The Morgan fingerprint density at radius 1 is 1.12 bits per heavy atom. The molecule has 0 amide bonds. The molecule has 0 aliphatic rings. The molecule has 2 rings (SSSR count). The Morgan fingerprint density at radius 2 is 1.71 bits per heavy atom. The summed E-state index contributed by atoms with van der Waals surface area (Å²) >= 11 is 1.57. The van der Waals surface area contributed by atoms with Crippen molar-refractivity contribution < 1.29 is 5.11 Å². The molecule has 0 bridgehead atoms. The van der Waals surface area contributed by atoms with Crippen molar-refractivity contribution >= 4 is 11.3 Å². The molecule has 0 saturated heterocycles. The minimum Gasteiger partial charge on any atom is -0.389 e. The summed E-state index contributed by atoms with van der Waals surface area (Å²) in [5.74, 6) is 0. The summed E-state index contributed by atoms with van der Waals surface area (Å²) in [6.45, 7) is 8.43. The summed E-state index contributed by atoms with van der Waals surface area (Å²) < 4.78 is 0. The van der Waals surface area contributed by atoms with Crippen LogP contribution in [0.5, 0.6) is 0 Å². The van der Waals surface area contributed by atoms with E-state index < -0.39 is 0 Å². The maximum atomic E-state index is 9.15.